The number of rotatable bonds is 4. The van der Waals surface area contributed by atoms with Crippen LogP contribution in [0.25, 0.3) is 27.9 Å². The molecule has 0 aromatic carbocycles. The third-order valence-corrected chi connectivity index (χ3v) is 6.50. The van der Waals surface area contributed by atoms with Crippen LogP contribution < -0.4 is 10.6 Å². The van der Waals surface area contributed by atoms with E-state index in [2.05, 4.69) is 25.7 Å². The first-order valence-electron chi connectivity index (χ1n) is 10.4. The predicted molar refractivity (Wildman–Crippen MR) is 115 cm³/mol. The lowest BCUT2D eigenvalue weighted by Gasteiger charge is -2.46. The second-order valence-corrected chi connectivity index (χ2v) is 8.43. The SMILES string of the molecule is CNc1nc(NC2CCC3(CC2)COC3)nc2[nH]cc(-c3ccc4nccn4n3)c12. The van der Waals surface area contributed by atoms with Gasteiger partial charge in [0, 0.05) is 42.7 Å². The van der Waals surface area contributed by atoms with Crippen molar-refractivity contribution in [3.05, 3.63) is 30.7 Å². The molecule has 0 radical (unpaired) electrons. The number of aromatic amines is 1. The van der Waals surface area contributed by atoms with E-state index < -0.39 is 0 Å². The third-order valence-electron chi connectivity index (χ3n) is 6.50. The molecule has 2 aliphatic rings. The number of ether oxygens (including phenoxy) is 1. The van der Waals surface area contributed by atoms with E-state index in [0.29, 0.717) is 17.4 Å². The number of anilines is 2. The van der Waals surface area contributed by atoms with E-state index in [4.69, 9.17) is 14.7 Å². The highest BCUT2D eigenvalue weighted by Gasteiger charge is 2.41. The molecular weight excluding hydrogens is 380 g/mol. The minimum atomic E-state index is 0.401. The van der Waals surface area contributed by atoms with Crippen LogP contribution in [0, 0.1) is 5.41 Å². The average molecular weight is 404 g/mol. The Kier molecular flexibility index (Phi) is 3.92. The van der Waals surface area contributed by atoms with Crippen molar-refractivity contribution in [2.75, 3.05) is 30.9 Å². The number of H-pyrrole nitrogens is 1. The summed E-state index contributed by atoms with van der Waals surface area (Å²) in [5.41, 5.74) is 3.85. The average Bonchev–Trinajstić information content (AvgIpc) is 3.39. The monoisotopic (exact) mass is 404 g/mol. The summed E-state index contributed by atoms with van der Waals surface area (Å²) in [7, 11) is 1.88. The van der Waals surface area contributed by atoms with Crippen LogP contribution in [0.15, 0.2) is 30.7 Å². The zero-order valence-electron chi connectivity index (χ0n) is 16.9. The molecule has 1 saturated carbocycles. The van der Waals surface area contributed by atoms with Gasteiger partial charge in [-0.05, 0) is 37.8 Å². The van der Waals surface area contributed by atoms with Crippen LogP contribution in [0.4, 0.5) is 11.8 Å². The molecule has 0 unspecified atom stereocenters. The Hall–Kier alpha value is -3.20. The van der Waals surface area contributed by atoms with Crippen molar-refractivity contribution in [2.45, 2.75) is 31.7 Å². The Balaban J connectivity index is 1.31. The number of nitrogens with one attached hydrogen (secondary N) is 3. The highest BCUT2D eigenvalue weighted by atomic mass is 16.5. The van der Waals surface area contributed by atoms with E-state index in [-0.39, 0.29) is 0 Å². The smallest absolute Gasteiger partial charge is 0.226 e. The van der Waals surface area contributed by atoms with Gasteiger partial charge < -0.3 is 20.4 Å². The van der Waals surface area contributed by atoms with Crippen LogP contribution in [0.2, 0.25) is 0 Å². The summed E-state index contributed by atoms with van der Waals surface area (Å²) in [4.78, 5) is 17.1. The van der Waals surface area contributed by atoms with Gasteiger partial charge in [0.25, 0.3) is 0 Å². The quantitative estimate of drug-likeness (QED) is 0.480. The lowest BCUT2D eigenvalue weighted by atomic mass is 9.71. The maximum Gasteiger partial charge on any atom is 0.226 e. The fraction of sp³-hybridized carbons (Fsp3) is 0.429. The molecule has 2 fully saturated rings. The largest absolute Gasteiger partial charge is 0.380 e. The van der Waals surface area contributed by atoms with Crippen LogP contribution >= 0.6 is 0 Å². The molecule has 4 aromatic rings. The summed E-state index contributed by atoms with van der Waals surface area (Å²) in [5, 5.41) is 12.4. The van der Waals surface area contributed by atoms with E-state index in [1.165, 1.54) is 12.8 Å². The van der Waals surface area contributed by atoms with Gasteiger partial charge in [-0.1, -0.05) is 0 Å². The van der Waals surface area contributed by atoms with Crippen LogP contribution in [0.5, 0.6) is 0 Å². The van der Waals surface area contributed by atoms with Crippen LogP contribution in [0.3, 0.4) is 0 Å². The van der Waals surface area contributed by atoms with Crippen molar-refractivity contribution >= 4 is 28.4 Å². The molecule has 0 atom stereocenters. The van der Waals surface area contributed by atoms with Crippen molar-refractivity contribution in [2.24, 2.45) is 5.41 Å². The van der Waals surface area contributed by atoms with Gasteiger partial charge >= 0.3 is 0 Å². The number of fused-ring (bicyclic) bond motifs is 2. The molecule has 3 N–H and O–H groups in total. The number of nitrogens with zero attached hydrogens (tertiary/aromatic N) is 5. The molecule has 9 heteroatoms. The maximum absolute atomic E-state index is 5.44. The molecule has 1 aliphatic heterocycles. The number of hydrogen-bond donors (Lipinski definition) is 3. The Morgan fingerprint density at radius 3 is 2.83 bits per heavy atom. The second-order valence-electron chi connectivity index (χ2n) is 8.43. The highest BCUT2D eigenvalue weighted by Crippen LogP contribution is 2.42. The van der Waals surface area contributed by atoms with Gasteiger partial charge in [-0.2, -0.15) is 15.1 Å². The van der Waals surface area contributed by atoms with Gasteiger partial charge in [-0.25, -0.2) is 9.50 Å². The molecular formula is C21H24N8O. The van der Waals surface area contributed by atoms with Crippen molar-refractivity contribution in [1.29, 1.82) is 0 Å². The fourth-order valence-electron chi connectivity index (χ4n) is 4.68. The maximum atomic E-state index is 5.44. The summed E-state index contributed by atoms with van der Waals surface area (Å²) in [6, 6.07) is 4.33. The fourth-order valence-corrected chi connectivity index (χ4v) is 4.68. The third kappa shape index (κ3) is 2.80. The standard InChI is InChI=1S/C21H24N8O/c1-22-18-17-14(15-2-3-16-23-8-9-29(16)28-15)10-24-19(17)27-20(26-18)25-13-4-6-21(7-5-13)11-30-12-21/h2-3,8-10,13H,4-7,11-12H2,1H3,(H3,22,24,25,26,27). The first-order valence-corrected chi connectivity index (χ1v) is 10.4. The summed E-state index contributed by atoms with van der Waals surface area (Å²) in [6.07, 6.45) is 10.2. The molecule has 154 valence electrons. The van der Waals surface area contributed by atoms with Crippen LogP contribution in [-0.2, 0) is 4.74 Å². The first kappa shape index (κ1) is 17.6. The van der Waals surface area contributed by atoms with E-state index >= 15 is 0 Å². The zero-order valence-corrected chi connectivity index (χ0v) is 16.9. The molecule has 9 nitrogen and oxygen atoms in total. The van der Waals surface area contributed by atoms with E-state index in [1.807, 2.05) is 31.6 Å². The highest BCUT2D eigenvalue weighted by molar-refractivity contribution is 6.00. The molecule has 4 aromatic heterocycles. The molecule has 5 heterocycles. The molecule has 30 heavy (non-hydrogen) atoms. The molecule has 1 spiro atoms. The molecule has 0 bridgehead atoms. The van der Waals surface area contributed by atoms with Crippen molar-refractivity contribution in [1.82, 2.24) is 29.5 Å². The van der Waals surface area contributed by atoms with Gasteiger partial charge in [-0.3, -0.25) is 0 Å². The molecule has 1 aliphatic carbocycles. The minimum absolute atomic E-state index is 0.401. The van der Waals surface area contributed by atoms with E-state index in [0.717, 1.165) is 59.8 Å². The van der Waals surface area contributed by atoms with E-state index in [1.54, 1.807) is 10.7 Å². The Morgan fingerprint density at radius 1 is 1.20 bits per heavy atom. The summed E-state index contributed by atoms with van der Waals surface area (Å²) in [6.45, 7) is 1.85. The summed E-state index contributed by atoms with van der Waals surface area (Å²) in [5.74, 6) is 1.44. The minimum Gasteiger partial charge on any atom is -0.380 e. The predicted octanol–water partition coefficient (Wildman–Crippen LogP) is 3.08. The van der Waals surface area contributed by atoms with Gasteiger partial charge in [0.1, 0.15) is 11.5 Å². The molecule has 0 amide bonds. The number of imidazole rings is 1. The van der Waals surface area contributed by atoms with Crippen LogP contribution in [-0.4, -0.2) is 55.9 Å². The lowest BCUT2D eigenvalue weighted by Crippen LogP contribution is -2.47. The second kappa shape index (κ2) is 6.66. The Labute approximate surface area is 173 Å². The summed E-state index contributed by atoms with van der Waals surface area (Å²) >= 11 is 0. The summed E-state index contributed by atoms with van der Waals surface area (Å²) < 4.78 is 7.21. The van der Waals surface area contributed by atoms with Crippen LogP contribution in [0.1, 0.15) is 25.7 Å². The Morgan fingerprint density at radius 2 is 2.07 bits per heavy atom. The van der Waals surface area contributed by atoms with Gasteiger partial charge in [0.2, 0.25) is 5.95 Å². The van der Waals surface area contributed by atoms with Gasteiger partial charge in [0.05, 0.1) is 24.3 Å². The van der Waals surface area contributed by atoms with E-state index in [9.17, 15) is 0 Å². The lowest BCUT2D eigenvalue weighted by molar-refractivity contribution is -0.131. The molecule has 6 rings (SSSR count). The first-order chi connectivity index (χ1) is 14.7. The number of hydrogen-bond acceptors (Lipinski definition) is 7. The van der Waals surface area contributed by atoms with Crippen molar-refractivity contribution in [3.63, 3.8) is 0 Å². The van der Waals surface area contributed by atoms with Crippen molar-refractivity contribution in [3.8, 4) is 11.3 Å². The normalized spacial score (nSPS) is 18.7. The Bertz CT molecular complexity index is 1210. The zero-order chi connectivity index (χ0) is 20.1. The molecule has 1 saturated heterocycles. The topological polar surface area (TPSA) is 105 Å². The van der Waals surface area contributed by atoms with Gasteiger partial charge in [0.15, 0.2) is 5.65 Å². The van der Waals surface area contributed by atoms with Gasteiger partial charge in [-0.15, -0.1) is 0 Å². The number of aromatic nitrogens is 6. The van der Waals surface area contributed by atoms with Crippen molar-refractivity contribution < 1.29 is 4.74 Å².